The zero-order valence-electron chi connectivity index (χ0n) is 20.8. The lowest BCUT2D eigenvalue weighted by Gasteiger charge is -2.31. The van der Waals surface area contributed by atoms with Crippen molar-refractivity contribution in [1.29, 1.82) is 0 Å². The number of hydrogen-bond donors (Lipinski definition) is 2. The van der Waals surface area contributed by atoms with Gasteiger partial charge in [-0.15, -0.1) is 0 Å². The van der Waals surface area contributed by atoms with E-state index in [1.807, 2.05) is 24.3 Å². The molecule has 0 aliphatic rings. The Kier molecular flexibility index (Phi) is 7.53. The van der Waals surface area contributed by atoms with Gasteiger partial charge in [-0.05, 0) is 24.0 Å². The summed E-state index contributed by atoms with van der Waals surface area (Å²) in [5.74, 6) is 1.21. The van der Waals surface area contributed by atoms with Gasteiger partial charge in [0.15, 0.2) is 5.82 Å². The van der Waals surface area contributed by atoms with Crippen LogP contribution in [-0.4, -0.2) is 51.0 Å². The lowest BCUT2D eigenvalue weighted by atomic mass is 9.72. The molecule has 1 atom stereocenters. The number of carbonyl (C=O) groups excluding carboxylic acids is 1. The Bertz CT molecular complexity index is 1250. The summed E-state index contributed by atoms with van der Waals surface area (Å²) in [5, 5.41) is 8.55. The van der Waals surface area contributed by atoms with Crippen molar-refractivity contribution >= 4 is 17.7 Å². The van der Waals surface area contributed by atoms with Crippen LogP contribution in [-0.2, 0) is 16.8 Å². The number of aliphatic imine (C=N–C) groups is 1. The highest BCUT2D eigenvalue weighted by molar-refractivity contribution is 6.09. The van der Waals surface area contributed by atoms with Crippen LogP contribution < -0.4 is 11.5 Å². The van der Waals surface area contributed by atoms with Crippen LogP contribution in [0.5, 0.6) is 0 Å². The molecule has 0 fully saturated rings. The van der Waals surface area contributed by atoms with Gasteiger partial charge in [0.2, 0.25) is 5.91 Å². The number of rotatable bonds is 9. The van der Waals surface area contributed by atoms with E-state index in [0.29, 0.717) is 17.3 Å². The first kappa shape index (κ1) is 25.4. The van der Waals surface area contributed by atoms with Gasteiger partial charge in [0.05, 0.1) is 17.2 Å². The van der Waals surface area contributed by atoms with E-state index < -0.39 is 5.41 Å². The zero-order chi connectivity index (χ0) is 25.8. The van der Waals surface area contributed by atoms with E-state index in [1.165, 1.54) is 11.1 Å². The monoisotopic (exact) mass is 476 g/mol. The van der Waals surface area contributed by atoms with Crippen molar-refractivity contribution < 1.29 is 9.32 Å². The van der Waals surface area contributed by atoms with Crippen molar-refractivity contribution in [3.63, 3.8) is 0 Å². The molecule has 0 aliphatic heterocycles. The minimum absolute atomic E-state index is 0.0615. The Labute approximate surface area is 205 Å². The Hall–Kier alpha value is -4.21. The van der Waals surface area contributed by atoms with Crippen molar-refractivity contribution in [3.8, 4) is 11.5 Å². The van der Waals surface area contributed by atoms with Gasteiger partial charge in [0.25, 0.3) is 5.89 Å². The van der Waals surface area contributed by atoms with Crippen LogP contribution in [0.4, 0.5) is 0 Å². The van der Waals surface area contributed by atoms with Gasteiger partial charge < -0.3 is 20.9 Å². The number of aromatic nitrogens is 4. The van der Waals surface area contributed by atoms with E-state index >= 15 is 0 Å². The number of nitrogens with two attached hydrogens (primary N) is 2. The largest absolute Gasteiger partial charge is 0.404 e. The highest BCUT2D eigenvalue weighted by atomic mass is 16.5. The standard InChI is InChI=1S/C25H32N8O2/c1-16(2)25(4,21-9-7-18(8-10-21)19(11-26)12-28-17(3)27)24-30-23(35-31-24)20-13-29-33(14-20)15-22(34)32(5)6/h7-14,16H,3,15,26-27H2,1-2,4-6H3/b19-11+,28-12?. The molecule has 0 radical (unpaired) electrons. The number of nitrogens with zero attached hydrogens (tertiary/aromatic N) is 6. The van der Waals surface area contributed by atoms with Crippen molar-refractivity contribution in [2.45, 2.75) is 32.7 Å². The highest BCUT2D eigenvalue weighted by Gasteiger charge is 2.37. The summed E-state index contributed by atoms with van der Waals surface area (Å²) in [5.41, 5.74) is 14.1. The molecule has 2 aromatic heterocycles. The van der Waals surface area contributed by atoms with E-state index in [0.717, 1.165) is 16.7 Å². The zero-order valence-corrected chi connectivity index (χ0v) is 20.8. The van der Waals surface area contributed by atoms with E-state index in [4.69, 9.17) is 21.0 Å². The van der Waals surface area contributed by atoms with E-state index in [1.54, 1.807) is 37.4 Å². The fourth-order valence-electron chi connectivity index (χ4n) is 3.49. The quantitative estimate of drug-likeness (QED) is 0.452. The lowest BCUT2D eigenvalue weighted by molar-refractivity contribution is -0.129. The van der Waals surface area contributed by atoms with Crippen LogP contribution in [0.3, 0.4) is 0 Å². The highest BCUT2D eigenvalue weighted by Crippen LogP contribution is 2.38. The third-order valence-corrected chi connectivity index (χ3v) is 6.09. The molecule has 0 spiro atoms. The fourth-order valence-corrected chi connectivity index (χ4v) is 3.49. The Balaban J connectivity index is 1.90. The molecule has 184 valence electrons. The SMILES string of the molecule is C=C(N)N=C/C(=C\N)c1ccc(C(C)(c2noc(-c3cnn(CC(=O)N(C)C)c3)n2)C(C)C)cc1. The van der Waals surface area contributed by atoms with E-state index in [2.05, 4.69) is 42.6 Å². The molecule has 3 aromatic rings. The molecule has 0 bridgehead atoms. The van der Waals surface area contributed by atoms with Gasteiger partial charge in [0, 0.05) is 38.3 Å². The smallest absolute Gasteiger partial charge is 0.261 e. The molecule has 10 nitrogen and oxygen atoms in total. The van der Waals surface area contributed by atoms with Crippen LogP contribution in [0.25, 0.3) is 17.0 Å². The Morgan fingerprint density at radius 3 is 2.57 bits per heavy atom. The number of carbonyl (C=O) groups is 1. The van der Waals surface area contributed by atoms with Crippen LogP contribution in [0.2, 0.25) is 0 Å². The minimum atomic E-state index is -0.524. The predicted molar refractivity (Wildman–Crippen MR) is 136 cm³/mol. The third-order valence-electron chi connectivity index (χ3n) is 6.09. The van der Waals surface area contributed by atoms with Gasteiger partial charge in [0.1, 0.15) is 12.4 Å². The van der Waals surface area contributed by atoms with Crippen molar-refractivity contribution in [3.05, 3.63) is 72.2 Å². The Morgan fingerprint density at radius 2 is 2.00 bits per heavy atom. The number of amides is 1. The van der Waals surface area contributed by atoms with Gasteiger partial charge in [-0.2, -0.15) is 10.1 Å². The average Bonchev–Trinajstić information content (AvgIpc) is 3.49. The molecule has 35 heavy (non-hydrogen) atoms. The van der Waals surface area contributed by atoms with Gasteiger partial charge in [-0.25, -0.2) is 4.99 Å². The summed E-state index contributed by atoms with van der Waals surface area (Å²) >= 11 is 0. The van der Waals surface area contributed by atoms with Crippen LogP contribution in [0, 0.1) is 5.92 Å². The van der Waals surface area contributed by atoms with E-state index in [9.17, 15) is 4.79 Å². The summed E-state index contributed by atoms with van der Waals surface area (Å²) in [6.07, 6.45) is 6.38. The topological polar surface area (TPSA) is 141 Å². The van der Waals surface area contributed by atoms with Gasteiger partial charge in [-0.1, -0.05) is 49.8 Å². The van der Waals surface area contributed by atoms with Crippen LogP contribution in [0.1, 0.15) is 37.7 Å². The second-order valence-corrected chi connectivity index (χ2v) is 8.94. The lowest BCUT2D eigenvalue weighted by Crippen LogP contribution is -2.31. The first-order valence-corrected chi connectivity index (χ1v) is 11.1. The van der Waals surface area contributed by atoms with Crippen molar-refractivity contribution in [2.75, 3.05) is 14.1 Å². The van der Waals surface area contributed by atoms with Crippen molar-refractivity contribution in [2.24, 2.45) is 22.4 Å². The number of likely N-dealkylation sites (N-methyl/N-ethyl adjacent to an activating group) is 1. The molecule has 1 amide bonds. The van der Waals surface area contributed by atoms with E-state index in [-0.39, 0.29) is 24.2 Å². The number of hydrogen-bond acceptors (Lipinski definition) is 8. The molecular formula is C25H32N8O2. The molecule has 0 saturated carbocycles. The maximum absolute atomic E-state index is 12.0. The molecule has 3 rings (SSSR count). The van der Waals surface area contributed by atoms with Crippen molar-refractivity contribution in [1.82, 2.24) is 24.8 Å². The second kappa shape index (κ2) is 10.4. The first-order valence-electron chi connectivity index (χ1n) is 11.1. The Morgan fingerprint density at radius 1 is 1.31 bits per heavy atom. The molecule has 2 heterocycles. The minimum Gasteiger partial charge on any atom is -0.404 e. The maximum atomic E-state index is 12.0. The molecule has 1 aromatic carbocycles. The summed E-state index contributed by atoms with van der Waals surface area (Å²) in [7, 11) is 3.41. The summed E-state index contributed by atoms with van der Waals surface area (Å²) < 4.78 is 7.14. The molecular weight excluding hydrogens is 444 g/mol. The van der Waals surface area contributed by atoms with Crippen LogP contribution >= 0.6 is 0 Å². The fraction of sp³-hybridized carbons (Fsp3) is 0.320. The molecule has 4 N–H and O–H groups in total. The number of allylic oxidation sites excluding steroid dienone is 1. The average molecular weight is 477 g/mol. The third kappa shape index (κ3) is 5.48. The second-order valence-electron chi connectivity index (χ2n) is 8.94. The molecule has 0 aliphatic carbocycles. The first-order chi connectivity index (χ1) is 16.6. The summed E-state index contributed by atoms with van der Waals surface area (Å²) in [6.45, 7) is 10.0. The number of benzene rings is 1. The molecule has 1 unspecified atom stereocenters. The summed E-state index contributed by atoms with van der Waals surface area (Å²) in [4.78, 5) is 22.2. The molecule has 10 heteroatoms. The predicted octanol–water partition coefficient (Wildman–Crippen LogP) is 2.78. The summed E-state index contributed by atoms with van der Waals surface area (Å²) in [6, 6.07) is 7.97. The van der Waals surface area contributed by atoms with Gasteiger partial charge in [-0.3, -0.25) is 9.48 Å². The normalized spacial score (nSPS) is 13.8. The molecule has 0 saturated heterocycles. The van der Waals surface area contributed by atoms with Gasteiger partial charge >= 0.3 is 0 Å². The maximum Gasteiger partial charge on any atom is 0.261 e. The van der Waals surface area contributed by atoms with Crippen LogP contribution in [0.15, 0.2) is 64.8 Å².